The minimum Gasteiger partial charge on any atom is -0.388 e. The molecule has 0 fully saturated rings. The van der Waals surface area contributed by atoms with Gasteiger partial charge >= 0.3 is 0 Å². The highest BCUT2D eigenvalue weighted by Crippen LogP contribution is 2.16. The topological polar surface area (TPSA) is 36.4 Å². The summed E-state index contributed by atoms with van der Waals surface area (Å²) in [5, 5.41) is 10.1. The zero-order valence-corrected chi connectivity index (χ0v) is 12.2. The Morgan fingerprint density at radius 2 is 1.85 bits per heavy atom. The van der Waals surface area contributed by atoms with Crippen molar-refractivity contribution < 1.29 is 5.11 Å². The van der Waals surface area contributed by atoms with Gasteiger partial charge in [-0.3, -0.25) is 4.98 Å². The van der Waals surface area contributed by atoms with Crippen molar-refractivity contribution in [3.8, 4) is 0 Å². The monoisotopic (exact) mass is 270 g/mol. The van der Waals surface area contributed by atoms with Gasteiger partial charge in [0.05, 0.1) is 11.8 Å². The molecule has 1 unspecified atom stereocenters. The molecule has 0 bridgehead atoms. The third kappa shape index (κ3) is 4.44. The van der Waals surface area contributed by atoms with Gasteiger partial charge in [0.2, 0.25) is 0 Å². The molecule has 1 aromatic carbocycles. The number of nitrogens with zero attached hydrogens (tertiary/aromatic N) is 2. The number of benzene rings is 1. The summed E-state index contributed by atoms with van der Waals surface area (Å²) >= 11 is 0. The third-order valence-electron chi connectivity index (χ3n) is 3.35. The predicted octanol–water partition coefficient (Wildman–Crippen LogP) is 2.95. The van der Waals surface area contributed by atoms with Crippen LogP contribution in [0, 0.1) is 6.92 Å². The fourth-order valence-electron chi connectivity index (χ4n) is 2.23. The van der Waals surface area contributed by atoms with Gasteiger partial charge in [-0.05, 0) is 38.1 Å². The van der Waals surface area contributed by atoms with E-state index < -0.39 is 6.10 Å². The summed E-state index contributed by atoms with van der Waals surface area (Å²) in [6, 6.07) is 15.9. The van der Waals surface area contributed by atoms with Crippen molar-refractivity contribution in [3.05, 3.63) is 65.5 Å². The molecule has 0 aliphatic rings. The highest BCUT2D eigenvalue weighted by atomic mass is 16.3. The molecule has 0 amide bonds. The van der Waals surface area contributed by atoms with Gasteiger partial charge in [-0.15, -0.1) is 0 Å². The van der Waals surface area contributed by atoms with Crippen molar-refractivity contribution in [1.29, 1.82) is 0 Å². The number of hydrogen-bond acceptors (Lipinski definition) is 3. The number of aliphatic hydroxyl groups excluding tert-OH is 1. The van der Waals surface area contributed by atoms with Gasteiger partial charge < -0.3 is 10.0 Å². The Hall–Kier alpha value is -1.71. The van der Waals surface area contributed by atoms with Crippen LogP contribution < -0.4 is 0 Å². The van der Waals surface area contributed by atoms with Crippen molar-refractivity contribution in [2.24, 2.45) is 0 Å². The Labute approximate surface area is 120 Å². The fraction of sp³-hybridized carbons (Fsp3) is 0.353. The highest BCUT2D eigenvalue weighted by Gasteiger charge is 2.09. The number of aromatic nitrogens is 1. The van der Waals surface area contributed by atoms with Crippen LogP contribution in [0.2, 0.25) is 0 Å². The van der Waals surface area contributed by atoms with E-state index in [2.05, 4.69) is 16.9 Å². The minimum atomic E-state index is -0.399. The molecule has 1 atom stereocenters. The Balaban J connectivity index is 1.82. The molecule has 0 radical (unpaired) electrons. The standard InChI is InChI=1S/C17H22N2O/c1-14-7-6-10-16(18-14)13-19(2)12-11-17(20)15-8-4-3-5-9-15/h3-10,17,20H,11-13H2,1-2H3. The molecule has 2 aromatic rings. The number of aliphatic hydroxyl groups is 1. The van der Waals surface area contributed by atoms with E-state index in [0.717, 1.165) is 36.5 Å². The van der Waals surface area contributed by atoms with Gasteiger partial charge in [0.1, 0.15) is 0 Å². The van der Waals surface area contributed by atoms with Crippen LogP contribution in [0.1, 0.15) is 29.5 Å². The number of hydrogen-bond donors (Lipinski definition) is 1. The van der Waals surface area contributed by atoms with Crippen molar-refractivity contribution in [2.75, 3.05) is 13.6 Å². The van der Waals surface area contributed by atoms with Crippen LogP contribution >= 0.6 is 0 Å². The second kappa shape index (κ2) is 7.17. The number of aryl methyl sites for hydroxylation is 1. The normalized spacial score (nSPS) is 12.6. The summed E-state index contributed by atoms with van der Waals surface area (Å²) in [4.78, 5) is 6.68. The Morgan fingerprint density at radius 1 is 1.10 bits per heavy atom. The van der Waals surface area contributed by atoms with Gasteiger partial charge in [0.15, 0.2) is 0 Å². The van der Waals surface area contributed by atoms with E-state index >= 15 is 0 Å². The van der Waals surface area contributed by atoms with Crippen LogP contribution in [-0.2, 0) is 6.54 Å². The maximum atomic E-state index is 10.1. The van der Waals surface area contributed by atoms with Gasteiger partial charge in [-0.2, -0.15) is 0 Å². The molecular weight excluding hydrogens is 248 g/mol. The molecule has 1 heterocycles. The Kier molecular flexibility index (Phi) is 5.27. The first kappa shape index (κ1) is 14.7. The van der Waals surface area contributed by atoms with Crippen LogP contribution in [0.5, 0.6) is 0 Å². The van der Waals surface area contributed by atoms with Crippen LogP contribution in [0.4, 0.5) is 0 Å². The van der Waals surface area contributed by atoms with Crippen molar-refractivity contribution >= 4 is 0 Å². The summed E-state index contributed by atoms with van der Waals surface area (Å²) < 4.78 is 0. The van der Waals surface area contributed by atoms with Crippen molar-refractivity contribution in [3.63, 3.8) is 0 Å². The maximum absolute atomic E-state index is 10.1. The smallest absolute Gasteiger partial charge is 0.0802 e. The Morgan fingerprint density at radius 3 is 2.55 bits per heavy atom. The molecule has 106 valence electrons. The molecular formula is C17H22N2O. The molecule has 20 heavy (non-hydrogen) atoms. The lowest BCUT2D eigenvalue weighted by Gasteiger charge is -2.19. The third-order valence-corrected chi connectivity index (χ3v) is 3.35. The largest absolute Gasteiger partial charge is 0.388 e. The highest BCUT2D eigenvalue weighted by molar-refractivity contribution is 5.17. The van der Waals surface area contributed by atoms with Crippen LogP contribution in [0.15, 0.2) is 48.5 Å². The van der Waals surface area contributed by atoms with E-state index in [1.54, 1.807) is 0 Å². The fourth-order valence-corrected chi connectivity index (χ4v) is 2.23. The molecule has 0 spiro atoms. The summed E-state index contributed by atoms with van der Waals surface area (Å²) in [6.45, 7) is 3.65. The maximum Gasteiger partial charge on any atom is 0.0802 e. The molecule has 3 nitrogen and oxygen atoms in total. The quantitative estimate of drug-likeness (QED) is 0.876. The van der Waals surface area contributed by atoms with Gasteiger partial charge in [0, 0.05) is 18.8 Å². The van der Waals surface area contributed by atoms with Crippen molar-refractivity contribution in [2.45, 2.75) is 26.0 Å². The van der Waals surface area contributed by atoms with Gasteiger partial charge in [0.25, 0.3) is 0 Å². The lowest BCUT2D eigenvalue weighted by molar-refractivity contribution is 0.147. The van der Waals surface area contributed by atoms with E-state index in [9.17, 15) is 5.11 Å². The number of pyridine rings is 1. The molecule has 0 aliphatic heterocycles. The second-order valence-corrected chi connectivity index (χ2v) is 5.22. The van der Waals surface area contributed by atoms with E-state index in [1.807, 2.05) is 55.5 Å². The van der Waals surface area contributed by atoms with Crippen LogP contribution in [0.3, 0.4) is 0 Å². The van der Waals surface area contributed by atoms with E-state index in [1.165, 1.54) is 0 Å². The number of rotatable bonds is 6. The lowest BCUT2D eigenvalue weighted by atomic mass is 10.1. The Bertz CT molecular complexity index is 528. The first-order chi connectivity index (χ1) is 9.65. The zero-order valence-electron chi connectivity index (χ0n) is 12.2. The van der Waals surface area contributed by atoms with Gasteiger partial charge in [-0.1, -0.05) is 36.4 Å². The summed E-state index contributed by atoms with van der Waals surface area (Å²) in [7, 11) is 2.06. The molecule has 0 saturated carbocycles. The molecule has 0 aliphatic carbocycles. The average molecular weight is 270 g/mol. The van der Waals surface area contributed by atoms with E-state index in [4.69, 9.17) is 0 Å². The van der Waals surface area contributed by atoms with Crippen molar-refractivity contribution in [1.82, 2.24) is 9.88 Å². The molecule has 1 aromatic heterocycles. The lowest BCUT2D eigenvalue weighted by Crippen LogP contribution is -2.21. The van der Waals surface area contributed by atoms with Crippen LogP contribution in [-0.4, -0.2) is 28.6 Å². The SMILES string of the molecule is Cc1cccc(CN(C)CCC(O)c2ccccc2)n1. The average Bonchev–Trinajstić information content (AvgIpc) is 2.46. The summed E-state index contributed by atoms with van der Waals surface area (Å²) in [5.41, 5.74) is 3.09. The zero-order chi connectivity index (χ0) is 14.4. The molecule has 1 N–H and O–H groups in total. The van der Waals surface area contributed by atoms with E-state index in [0.29, 0.717) is 0 Å². The van der Waals surface area contributed by atoms with Gasteiger partial charge in [-0.25, -0.2) is 0 Å². The first-order valence-electron chi connectivity index (χ1n) is 6.99. The molecule has 3 heteroatoms. The first-order valence-corrected chi connectivity index (χ1v) is 6.99. The minimum absolute atomic E-state index is 0.399. The molecule has 2 rings (SSSR count). The van der Waals surface area contributed by atoms with E-state index in [-0.39, 0.29) is 0 Å². The summed E-state index contributed by atoms with van der Waals surface area (Å²) in [5.74, 6) is 0. The summed E-state index contributed by atoms with van der Waals surface area (Å²) in [6.07, 6.45) is 0.330. The molecule has 0 saturated heterocycles. The predicted molar refractivity (Wildman–Crippen MR) is 81.3 cm³/mol. The second-order valence-electron chi connectivity index (χ2n) is 5.22. The van der Waals surface area contributed by atoms with Crippen LogP contribution in [0.25, 0.3) is 0 Å².